The average molecular weight is 297 g/mol. The van der Waals surface area contributed by atoms with Crippen molar-refractivity contribution in [1.82, 2.24) is 9.88 Å². The highest BCUT2D eigenvalue weighted by Gasteiger charge is 2.30. The van der Waals surface area contributed by atoms with Gasteiger partial charge in [-0.1, -0.05) is 11.3 Å². The van der Waals surface area contributed by atoms with Crippen LogP contribution in [-0.4, -0.2) is 54.3 Å². The van der Waals surface area contributed by atoms with Gasteiger partial charge < -0.3 is 14.7 Å². The summed E-state index contributed by atoms with van der Waals surface area (Å²) in [7, 11) is 1.67. The maximum atomic E-state index is 9.41. The van der Waals surface area contributed by atoms with E-state index in [0.29, 0.717) is 12.6 Å². The zero-order valence-corrected chi connectivity index (χ0v) is 12.9. The lowest BCUT2D eigenvalue weighted by Gasteiger charge is -2.23. The minimum atomic E-state index is 0.0553. The van der Waals surface area contributed by atoms with Crippen LogP contribution >= 0.6 is 11.3 Å². The van der Waals surface area contributed by atoms with E-state index in [4.69, 9.17) is 4.74 Å². The van der Waals surface area contributed by atoms with Crippen LogP contribution in [0.1, 0.15) is 29.8 Å². The highest BCUT2D eigenvalue weighted by molar-refractivity contribution is 7.15. The van der Waals surface area contributed by atoms with Crippen LogP contribution in [0.25, 0.3) is 0 Å². The fourth-order valence-corrected chi connectivity index (χ4v) is 4.16. The molecule has 1 N–H and O–H groups in total. The van der Waals surface area contributed by atoms with E-state index in [1.165, 1.54) is 32.4 Å². The van der Waals surface area contributed by atoms with Crippen LogP contribution in [0.3, 0.4) is 0 Å². The molecule has 3 heterocycles. The van der Waals surface area contributed by atoms with Crippen LogP contribution in [0.2, 0.25) is 0 Å². The minimum absolute atomic E-state index is 0.0553. The van der Waals surface area contributed by atoms with E-state index < -0.39 is 0 Å². The molecule has 2 aliphatic heterocycles. The van der Waals surface area contributed by atoms with Gasteiger partial charge in [-0.15, -0.1) is 0 Å². The van der Waals surface area contributed by atoms with E-state index in [9.17, 15) is 5.11 Å². The summed E-state index contributed by atoms with van der Waals surface area (Å²) < 4.78 is 5.16. The number of nitrogens with zero attached hydrogens (tertiary/aromatic N) is 3. The Kier molecular flexibility index (Phi) is 4.55. The van der Waals surface area contributed by atoms with Gasteiger partial charge in [0.1, 0.15) is 0 Å². The van der Waals surface area contributed by atoms with Gasteiger partial charge >= 0.3 is 0 Å². The van der Waals surface area contributed by atoms with Gasteiger partial charge in [0.2, 0.25) is 0 Å². The first-order chi connectivity index (χ1) is 9.81. The van der Waals surface area contributed by atoms with Crippen LogP contribution in [0, 0.1) is 0 Å². The van der Waals surface area contributed by atoms with Crippen LogP contribution in [0.4, 0.5) is 5.13 Å². The number of hydrogen-bond donors (Lipinski definition) is 1. The smallest absolute Gasteiger partial charge is 0.186 e. The van der Waals surface area contributed by atoms with Crippen molar-refractivity contribution < 1.29 is 9.84 Å². The summed E-state index contributed by atoms with van der Waals surface area (Å²) in [4.78, 5) is 10.6. The molecule has 2 fully saturated rings. The molecule has 2 aliphatic rings. The maximum Gasteiger partial charge on any atom is 0.186 e. The zero-order chi connectivity index (χ0) is 13.9. The lowest BCUT2D eigenvalue weighted by Crippen LogP contribution is -2.35. The Balaban J connectivity index is 1.67. The van der Waals surface area contributed by atoms with Crippen LogP contribution in [0.15, 0.2) is 0 Å². The summed E-state index contributed by atoms with van der Waals surface area (Å²) in [6, 6.07) is 0.685. The molecule has 6 heteroatoms. The number of likely N-dealkylation sites (tertiary alicyclic amines) is 1. The van der Waals surface area contributed by atoms with Crippen LogP contribution < -0.4 is 4.90 Å². The van der Waals surface area contributed by atoms with Crippen molar-refractivity contribution >= 4 is 16.5 Å². The third-order valence-corrected chi connectivity index (χ3v) is 5.43. The second-order valence-corrected chi connectivity index (χ2v) is 6.65. The molecular weight excluding hydrogens is 274 g/mol. The van der Waals surface area contributed by atoms with Crippen molar-refractivity contribution in [3.05, 3.63) is 10.6 Å². The number of aliphatic hydroxyl groups excluding tert-OH is 1. The van der Waals surface area contributed by atoms with Gasteiger partial charge in [-0.05, 0) is 32.4 Å². The molecule has 1 atom stereocenters. The molecule has 1 unspecified atom stereocenters. The van der Waals surface area contributed by atoms with E-state index >= 15 is 0 Å². The lowest BCUT2D eigenvalue weighted by atomic mass is 10.2. The summed E-state index contributed by atoms with van der Waals surface area (Å²) in [5.41, 5.74) is 0.889. The van der Waals surface area contributed by atoms with E-state index in [1.54, 1.807) is 18.4 Å². The summed E-state index contributed by atoms with van der Waals surface area (Å²) in [5.74, 6) is 0. The van der Waals surface area contributed by atoms with Gasteiger partial charge in [-0.25, -0.2) is 4.98 Å². The zero-order valence-electron chi connectivity index (χ0n) is 12.0. The highest BCUT2D eigenvalue weighted by Crippen LogP contribution is 2.31. The van der Waals surface area contributed by atoms with E-state index in [1.807, 2.05) is 0 Å². The molecule has 0 aromatic carbocycles. The van der Waals surface area contributed by atoms with Crippen molar-refractivity contribution in [2.75, 3.05) is 38.2 Å². The SMILES string of the molecule is COCc1nc(N2CCC(N3CCCC3)C2)sc1CO. The van der Waals surface area contributed by atoms with Crippen molar-refractivity contribution in [2.45, 2.75) is 38.5 Å². The fourth-order valence-electron chi connectivity index (χ4n) is 3.20. The fraction of sp³-hybridized carbons (Fsp3) is 0.786. The molecule has 3 rings (SSSR count). The first-order valence-corrected chi connectivity index (χ1v) is 8.21. The summed E-state index contributed by atoms with van der Waals surface area (Å²) in [6.07, 6.45) is 3.93. The number of anilines is 1. The first kappa shape index (κ1) is 14.3. The number of methoxy groups -OCH3 is 1. The van der Waals surface area contributed by atoms with E-state index in [-0.39, 0.29) is 6.61 Å². The maximum absolute atomic E-state index is 9.41. The Labute approximate surface area is 124 Å². The topological polar surface area (TPSA) is 48.8 Å². The third kappa shape index (κ3) is 2.83. The molecule has 0 aliphatic carbocycles. The molecule has 0 radical (unpaired) electrons. The van der Waals surface area contributed by atoms with Gasteiger partial charge in [0.15, 0.2) is 5.13 Å². The Morgan fingerprint density at radius 3 is 2.85 bits per heavy atom. The molecule has 0 saturated carbocycles. The first-order valence-electron chi connectivity index (χ1n) is 7.39. The predicted molar refractivity (Wildman–Crippen MR) is 80.2 cm³/mol. The lowest BCUT2D eigenvalue weighted by molar-refractivity contribution is 0.179. The highest BCUT2D eigenvalue weighted by atomic mass is 32.1. The van der Waals surface area contributed by atoms with Gasteiger partial charge in [-0.2, -0.15) is 0 Å². The van der Waals surface area contributed by atoms with Gasteiger partial charge in [0.05, 0.1) is 23.8 Å². The molecule has 112 valence electrons. The summed E-state index contributed by atoms with van der Waals surface area (Å²) in [5, 5.41) is 10.5. The van der Waals surface area contributed by atoms with E-state index in [0.717, 1.165) is 28.8 Å². The van der Waals surface area contributed by atoms with Gasteiger partial charge in [-0.3, -0.25) is 4.90 Å². The normalized spacial score (nSPS) is 23.9. The number of aromatic nitrogens is 1. The van der Waals surface area contributed by atoms with Crippen molar-refractivity contribution in [3.8, 4) is 0 Å². The molecule has 0 spiro atoms. The van der Waals surface area contributed by atoms with Gasteiger partial charge in [0.25, 0.3) is 0 Å². The second kappa shape index (κ2) is 6.39. The van der Waals surface area contributed by atoms with E-state index in [2.05, 4.69) is 14.8 Å². The quantitative estimate of drug-likeness (QED) is 0.891. The molecular formula is C14H23N3O2S. The second-order valence-electron chi connectivity index (χ2n) is 5.59. The number of hydrogen-bond acceptors (Lipinski definition) is 6. The molecule has 5 nitrogen and oxygen atoms in total. The van der Waals surface area contributed by atoms with Crippen LogP contribution in [-0.2, 0) is 18.0 Å². The number of aliphatic hydroxyl groups is 1. The standard InChI is InChI=1S/C14H23N3O2S/c1-19-10-12-13(9-18)20-14(15-12)17-7-4-11(8-17)16-5-2-3-6-16/h11,18H,2-10H2,1H3. The van der Waals surface area contributed by atoms with Crippen molar-refractivity contribution in [2.24, 2.45) is 0 Å². The molecule has 0 bridgehead atoms. The summed E-state index contributed by atoms with van der Waals surface area (Å²) in [6.45, 7) is 5.20. The Hall–Kier alpha value is -0.690. The molecule has 20 heavy (non-hydrogen) atoms. The predicted octanol–water partition coefficient (Wildman–Crippen LogP) is 1.46. The molecule has 1 aromatic heterocycles. The Bertz CT molecular complexity index is 446. The summed E-state index contributed by atoms with van der Waals surface area (Å²) >= 11 is 1.61. The number of rotatable bonds is 5. The molecule has 2 saturated heterocycles. The van der Waals surface area contributed by atoms with Crippen LogP contribution in [0.5, 0.6) is 0 Å². The molecule has 1 aromatic rings. The minimum Gasteiger partial charge on any atom is -0.391 e. The number of thiazole rings is 1. The Morgan fingerprint density at radius 2 is 2.15 bits per heavy atom. The van der Waals surface area contributed by atoms with Crippen molar-refractivity contribution in [1.29, 1.82) is 0 Å². The Morgan fingerprint density at radius 1 is 1.35 bits per heavy atom. The third-order valence-electron chi connectivity index (χ3n) is 4.28. The van der Waals surface area contributed by atoms with Gasteiger partial charge in [0, 0.05) is 26.2 Å². The number of ether oxygens (including phenoxy) is 1. The monoisotopic (exact) mass is 297 g/mol. The molecule has 0 amide bonds. The van der Waals surface area contributed by atoms with Crippen molar-refractivity contribution in [3.63, 3.8) is 0 Å². The average Bonchev–Trinajstić information content (AvgIpc) is 3.18. The largest absolute Gasteiger partial charge is 0.391 e.